The largest absolute Gasteiger partial charge is 0.251 e. The van der Waals surface area contributed by atoms with Gasteiger partial charge >= 0.3 is 0 Å². The first-order chi connectivity index (χ1) is 21.7. The molecule has 1 N–H and O–H groups in total. The van der Waals surface area contributed by atoms with E-state index in [1.54, 1.807) is 0 Å². The third-order valence-corrected chi connectivity index (χ3v) is 7.83. The van der Waals surface area contributed by atoms with Crippen molar-refractivity contribution >= 4 is 33.5 Å². The zero-order valence-electron chi connectivity index (χ0n) is 25.6. The molecule has 1 unspecified atom stereocenters. The Morgan fingerprint density at radius 2 is 0.977 bits per heavy atom. The lowest BCUT2D eigenvalue weighted by Crippen LogP contribution is -2.03. The minimum absolute atomic E-state index is 0.574. The molecule has 0 amide bonds. The molecule has 0 saturated heterocycles. The Morgan fingerprint density at radius 3 is 1.48 bits per heavy atom. The van der Waals surface area contributed by atoms with Gasteiger partial charge in [-0.2, -0.15) is 10.2 Å². The van der Waals surface area contributed by atoms with Crippen molar-refractivity contribution in [3.05, 3.63) is 131 Å². The van der Waals surface area contributed by atoms with Crippen LogP contribution in [0.4, 0.5) is 22.7 Å². The van der Waals surface area contributed by atoms with Crippen LogP contribution in [0.5, 0.6) is 0 Å². The molecule has 0 aromatic heterocycles. The fourth-order valence-electron chi connectivity index (χ4n) is 5.24. The molecule has 0 radical (unpaired) electrons. The van der Waals surface area contributed by atoms with Gasteiger partial charge in [-0.05, 0) is 84.3 Å². The standard InChI is InChI=1S/C38H40N4O2/c1-3-5-7-11-29-14-18-30(19-15-29)38(44-43)31-20-24-33(25-21-31)40-42-37-27-26-36(34-12-8-9-13-35(34)37)41-39-32-22-16-28(17-23-32)10-6-4-2/h8-9,12-27,38,43H,3-7,10-11H2,1-2H3. The zero-order valence-corrected chi connectivity index (χ0v) is 25.6. The minimum Gasteiger partial charge on any atom is -0.251 e. The van der Waals surface area contributed by atoms with Crippen molar-refractivity contribution in [1.82, 2.24) is 0 Å². The van der Waals surface area contributed by atoms with Gasteiger partial charge in [-0.1, -0.05) is 106 Å². The maximum atomic E-state index is 9.71. The summed E-state index contributed by atoms with van der Waals surface area (Å²) in [7, 11) is 0. The smallest absolute Gasteiger partial charge is 0.143 e. The van der Waals surface area contributed by atoms with Crippen molar-refractivity contribution in [2.24, 2.45) is 20.5 Å². The van der Waals surface area contributed by atoms with Crippen LogP contribution in [0.3, 0.4) is 0 Å². The lowest BCUT2D eigenvalue weighted by molar-refractivity contribution is -0.270. The van der Waals surface area contributed by atoms with Gasteiger partial charge in [-0.3, -0.25) is 5.26 Å². The topological polar surface area (TPSA) is 78.9 Å². The van der Waals surface area contributed by atoms with Gasteiger partial charge in [-0.15, -0.1) is 10.2 Å². The molecule has 0 aliphatic rings. The zero-order chi connectivity index (χ0) is 30.6. The molecular weight excluding hydrogens is 544 g/mol. The highest BCUT2D eigenvalue weighted by Crippen LogP contribution is 2.35. The predicted octanol–water partition coefficient (Wildman–Crippen LogP) is 12.3. The molecule has 6 heteroatoms. The average molecular weight is 585 g/mol. The SMILES string of the molecule is CCCCCc1ccc(C(OO)c2ccc(N=Nc3ccc(N=Nc4ccc(CCCC)cc4)c4ccccc34)cc2)cc1. The Morgan fingerprint density at radius 1 is 0.523 bits per heavy atom. The molecule has 0 saturated carbocycles. The molecule has 6 nitrogen and oxygen atoms in total. The van der Waals surface area contributed by atoms with E-state index < -0.39 is 6.10 Å². The maximum Gasteiger partial charge on any atom is 0.143 e. The van der Waals surface area contributed by atoms with Crippen LogP contribution in [0.2, 0.25) is 0 Å². The fourth-order valence-corrected chi connectivity index (χ4v) is 5.24. The molecule has 0 aliphatic carbocycles. The van der Waals surface area contributed by atoms with E-state index in [1.165, 1.54) is 43.2 Å². The fraction of sp³-hybridized carbons (Fsp3) is 0.263. The molecule has 224 valence electrons. The van der Waals surface area contributed by atoms with Crippen LogP contribution in [0.1, 0.15) is 74.3 Å². The van der Waals surface area contributed by atoms with E-state index in [0.29, 0.717) is 5.69 Å². The minimum atomic E-state index is -0.574. The number of azo groups is 2. The second-order valence-electron chi connectivity index (χ2n) is 11.1. The second kappa shape index (κ2) is 15.8. The van der Waals surface area contributed by atoms with E-state index >= 15 is 0 Å². The summed E-state index contributed by atoms with van der Waals surface area (Å²) in [5, 5.41) is 29.7. The Labute approximate surface area is 260 Å². The Bertz CT molecular complexity index is 1680. The summed E-state index contributed by atoms with van der Waals surface area (Å²) in [6.07, 6.45) is 7.58. The first-order valence-corrected chi connectivity index (χ1v) is 15.6. The second-order valence-corrected chi connectivity index (χ2v) is 11.1. The molecule has 0 aliphatic heterocycles. The van der Waals surface area contributed by atoms with Crippen LogP contribution in [0, 0.1) is 0 Å². The van der Waals surface area contributed by atoms with Crippen LogP contribution < -0.4 is 0 Å². The highest BCUT2D eigenvalue weighted by atomic mass is 17.1. The molecule has 0 bridgehead atoms. The lowest BCUT2D eigenvalue weighted by Gasteiger charge is -2.15. The van der Waals surface area contributed by atoms with Crippen molar-refractivity contribution < 1.29 is 10.1 Å². The number of rotatable bonds is 14. The quantitative estimate of drug-likeness (QED) is 0.0610. The summed E-state index contributed by atoms with van der Waals surface area (Å²) in [6.45, 7) is 4.42. The van der Waals surface area contributed by atoms with Crippen LogP contribution in [0.15, 0.2) is 130 Å². The summed E-state index contributed by atoms with van der Waals surface area (Å²) in [5.41, 5.74) is 7.41. The number of hydrogen-bond acceptors (Lipinski definition) is 6. The first-order valence-electron chi connectivity index (χ1n) is 15.6. The lowest BCUT2D eigenvalue weighted by atomic mass is 9.98. The van der Waals surface area contributed by atoms with E-state index in [1.807, 2.05) is 84.9 Å². The van der Waals surface area contributed by atoms with Crippen LogP contribution in [-0.2, 0) is 17.7 Å². The Hall–Kier alpha value is -4.52. The molecule has 1 atom stereocenters. The number of hydrogen-bond donors (Lipinski definition) is 1. The highest BCUT2D eigenvalue weighted by molar-refractivity contribution is 5.99. The van der Waals surface area contributed by atoms with Gasteiger partial charge in [0.05, 0.1) is 22.7 Å². The van der Waals surface area contributed by atoms with Crippen LogP contribution in [-0.4, -0.2) is 5.26 Å². The van der Waals surface area contributed by atoms with Gasteiger partial charge < -0.3 is 0 Å². The Balaban J connectivity index is 1.28. The average Bonchev–Trinajstić information content (AvgIpc) is 3.08. The van der Waals surface area contributed by atoms with E-state index in [9.17, 15) is 5.26 Å². The maximum absolute atomic E-state index is 9.71. The van der Waals surface area contributed by atoms with E-state index in [-0.39, 0.29) is 0 Å². The molecule has 0 heterocycles. The van der Waals surface area contributed by atoms with E-state index in [0.717, 1.165) is 51.8 Å². The van der Waals surface area contributed by atoms with Gasteiger partial charge in [0.15, 0.2) is 0 Å². The monoisotopic (exact) mass is 584 g/mol. The molecule has 0 spiro atoms. The third-order valence-electron chi connectivity index (χ3n) is 7.83. The molecule has 5 aromatic rings. The normalized spacial score (nSPS) is 12.4. The predicted molar refractivity (Wildman–Crippen MR) is 179 cm³/mol. The van der Waals surface area contributed by atoms with E-state index in [4.69, 9.17) is 4.89 Å². The van der Waals surface area contributed by atoms with Crippen molar-refractivity contribution in [1.29, 1.82) is 0 Å². The van der Waals surface area contributed by atoms with Gasteiger partial charge in [0.2, 0.25) is 0 Å². The number of benzene rings is 5. The van der Waals surface area contributed by atoms with Gasteiger partial charge in [0, 0.05) is 10.8 Å². The molecule has 5 aromatic carbocycles. The van der Waals surface area contributed by atoms with E-state index in [2.05, 4.69) is 58.6 Å². The van der Waals surface area contributed by atoms with Crippen molar-refractivity contribution in [3.8, 4) is 0 Å². The Kier molecular flexibility index (Phi) is 11.1. The number of aryl methyl sites for hydroxylation is 2. The highest BCUT2D eigenvalue weighted by Gasteiger charge is 2.15. The molecule has 44 heavy (non-hydrogen) atoms. The first kappa shape index (κ1) is 30.9. The van der Waals surface area contributed by atoms with Crippen molar-refractivity contribution in [2.45, 2.75) is 64.9 Å². The summed E-state index contributed by atoms with van der Waals surface area (Å²) in [5.74, 6) is 0. The number of unbranched alkanes of at least 4 members (excludes halogenated alkanes) is 3. The summed E-state index contributed by atoms with van der Waals surface area (Å²) in [6, 6.07) is 36.0. The number of fused-ring (bicyclic) bond motifs is 1. The van der Waals surface area contributed by atoms with Gasteiger partial charge in [0.1, 0.15) is 6.10 Å². The van der Waals surface area contributed by atoms with Gasteiger partial charge in [0.25, 0.3) is 0 Å². The number of nitrogens with zero attached hydrogens (tertiary/aromatic N) is 4. The molecular formula is C38H40N4O2. The summed E-state index contributed by atoms with van der Waals surface area (Å²) < 4.78 is 0. The third kappa shape index (κ3) is 8.10. The van der Waals surface area contributed by atoms with Crippen LogP contribution in [0.25, 0.3) is 10.8 Å². The van der Waals surface area contributed by atoms with Gasteiger partial charge in [-0.25, -0.2) is 4.89 Å². The van der Waals surface area contributed by atoms with Crippen molar-refractivity contribution in [2.75, 3.05) is 0 Å². The molecule has 0 fully saturated rings. The van der Waals surface area contributed by atoms with Crippen LogP contribution >= 0.6 is 0 Å². The summed E-state index contributed by atoms with van der Waals surface area (Å²) >= 11 is 0. The molecule has 5 rings (SSSR count). The van der Waals surface area contributed by atoms with Crippen molar-refractivity contribution in [3.63, 3.8) is 0 Å². The summed E-state index contributed by atoms with van der Waals surface area (Å²) in [4.78, 5) is 4.89.